The number of halogens is 1. The van der Waals surface area contributed by atoms with Crippen LogP contribution in [0.3, 0.4) is 0 Å². The Bertz CT molecular complexity index is 1500. The standard InChI is InChI=1S/C26H29FN6O2S/c1-32(36(2,34)35)24-6-4-3-5-21(24)17-33-14-11-20-16-29-26(31-25(20)33)30-23-8-7-19(15-22(23)27)18-9-12-28-13-10-18/h3-8,11,14-16,18,28H,9-10,12-13,17H2,1-2H3,(H,29,30,31). The van der Waals surface area contributed by atoms with E-state index >= 15 is 0 Å². The van der Waals surface area contributed by atoms with Gasteiger partial charge in [0.2, 0.25) is 16.0 Å². The van der Waals surface area contributed by atoms with Gasteiger partial charge >= 0.3 is 0 Å². The fraction of sp³-hybridized carbons (Fsp3) is 0.308. The van der Waals surface area contributed by atoms with Gasteiger partial charge in [0.25, 0.3) is 0 Å². The number of benzene rings is 2. The van der Waals surface area contributed by atoms with Gasteiger partial charge in [0.15, 0.2) is 0 Å². The first-order valence-electron chi connectivity index (χ1n) is 11.9. The number of hydrogen-bond donors (Lipinski definition) is 2. The van der Waals surface area contributed by atoms with Crippen LogP contribution in [-0.2, 0) is 16.6 Å². The number of para-hydroxylation sites is 1. The Hall–Kier alpha value is -3.50. The first-order chi connectivity index (χ1) is 17.3. The summed E-state index contributed by atoms with van der Waals surface area (Å²) in [5, 5.41) is 7.18. The van der Waals surface area contributed by atoms with Crippen LogP contribution in [0.1, 0.15) is 29.9 Å². The molecule has 0 saturated carbocycles. The molecular weight excluding hydrogens is 479 g/mol. The number of hydrogen-bond acceptors (Lipinski definition) is 6. The molecule has 0 bridgehead atoms. The van der Waals surface area contributed by atoms with Crippen molar-refractivity contribution in [3.8, 4) is 0 Å². The number of rotatable bonds is 7. The van der Waals surface area contributed by atoms with Crippen LogP contribution in [0.15, 0.2) is 60.9 Å². The van der Waals surface area contributed by atoms with Crippen LogP contribution < -0.4 is 14.9 Å². The molecule has 36 heavy (non-hydrogen) atoms. The van der Waals surface area contributed by atoms with Gasteiger partial charge in [-0.3, -0.25) is 4.31 Å². The Morgan fingerprint density at radius 3 is 2.69 bits per heavy atom. The third-order valence-corrected chi connectivity index (χ3v) is 7.91. The summed E-state index contributed by atoms with van der Waals surface area (Å²) in [6, 6.07) is 14.6. The average Bonchev–Trinajstić information content (AvgIpc) is 3.27. The first-order valence-corrected chi connectivity index (χ1v) is 13.8. The van der Waals surface area contributed by atoms with Crippen molar-refractivity contribution < 1.29 is 12.8 Å². The molecule has 5 rings (SSSR count). The summed E-state index contributed by atoms with van der Waals surface area (Å²) in [6.07, 6.45) is 6.77. The van der Waals surface area contributed by atoms with Crippen molar-refractivity contribution in [1.82, 2.24) is 19.9 Å². The normalized spacial score (nSPS) is 14.8. The third-order valence-electron chi connectivity index (χ3n) is 6.72. The lowest BCUT2D eigenvalue weighted by atomic mass is 9.90. The van der Waals surface area contributed by atoms with E-state index in [2.05, 4.69) is 20.6 Å². The maximum Gasteiger partial charge on any atom is 0.232 e. The van der Waals surface area contributed by atoms with E-state index in [4.69, 9.17) is 0 Å². The summed E-state index contributed by atoms with van der Waals surface area (Å²) in [5.41, 5.74) is 3.43. The molecule has 0 amide bonds. The lowest BCUT2D eigenvalue weighted by Crippen LogP contribution is -2.26. The lowest BCUT2D eigenvalue weighted by Gasteiger charge is -2.23. The van der Waals surface area contributed by atoms with E-state index in [-0.39, 0.29) is 11.8 Å². The van der Waals surface area contributed by atoms with Crippen LogP contribution >= 0.6 is 0 Å². The van der Waals surface area contributed by atoms with E-state index in [1.165, 1.54) is 17.6 Å². The lowest BCUT2D eigenvalue weighted by molar-refractivity contribution is 0.458. The number of aromatic nitrogens is 3. The van der Waals surface area contributed by atoms with E-state index < -0.39 is 10.0 Å². The predicted octanol–water partition coefficient (Wildman–Crippen LogP) is 4.23. The molecule has 0 radical (unpaired) electrons. The monoisotopic (exact) mass is 508 g/mol. The molecule has 0 unspecified atom stereocenters. The highest BCUT2D eigenvalue weighted by Gasteiger charge is 2.18. The molecule has 0 spiro atoms. The van der Waals surface area contributed by atoms with Gasteiger partial charge in [-0.05, 0) is 67.2 Å². The number of piperidine rings is 1. The van der Waals surface area contributed by atoms with Crippen molar-refractivity contribution in [3.63, 3.8) is 0 Å². The second kappa shape index (κ2) is 9.87. The van der Waals surface area contributed by atoms with Crippen molar-refractivity contribution in [3.05, 3.63) is 77.9 Å². The van der Waals surface area contributed by atoms with Crippen molar-refractivity contribution in [2.24, 2.45) is 0 Å². The van der Waals surface area contributed by atoms with Crippen LogP contribution in [0.5, 0.6) is 0 Å². The molecule has 8 nitrogen and oxygen atoms in total. The summed E-state index contributed by atoms with van der Waals surface area (Å²) < 4.78 is 42.4. The predicted molar refractivity (Wildman–Crippen MR) is 141 cm³/mol. The van der Waals surface area contributed by atoms with Crippen LogP contribution in [0.25, 0.3) is 11.0 Å². The Morgan fingerprint density at radius 1 is 1.17 bits per heavy atom. The SMILES string of the molecule is CN(c1ccccc1Cn1ccc2cnc(Nc3ccc(C4CCNCC4)cc3F)nc21)S(C)(=O)=O. The Kier molecular flexibility index (Phi) is 6.63. The van der Waals surface area contributed by atoms with Gasteiger partial charge in [0.1, 0.15) is 11.5 Å². The number of anilines is 3. The second-order valence-electron chi connectivity index (χ2n) is 9.16. The number of nitrogens with zero attached hydrogens (tertiary/aromatic N) is 4. The van der Waals surface area contributed by atoms with E-state index in [9.17, 15) is 12.8 Å². The fourth-order valence-corrected chi connectivity index (χ4v) is 5.17. The van der Waals surface area contributed by atoms with E-state index in [0.717, 1.165) is 42.4 Å². The van der Waals surface area contributed by atoms with Crippen molar-refractivity contribution in [2.75, 3.05) is 36.0 Å². The van der Waals surface area contributed by atoms with E-state index in [1.807, 2.05) is 41.1 Å². The molecule has 2 aromatic carbocycles. The highest BCUT2D eigenvalue weighted by atomic mass is 32.2. The minimum absolute atomic E-state index is 0.289. The van der Waals surface area contributed by atoms with Crippen LogP contribution in [0.4, 0.5) is 21.7 Å². The summed E-state index contributed by atoms with van der Waals surface area (Å²) in [7, 11) is -1.87. The average molecular weight is 509 g/mol. The zero-order valence-corrected chi connectivity index (χ0v) is 21.1. The number of fused-ring (bicyclic) bond motifs is 1. The topological polar surface area (TPSA) is 92.2 Å². The molecule has 4 aromatic rings. The summed E-state index contributed by atoms with van der Waals surface area (Å²) in [4.78, 5) is 8.99. The third kappa shape index (κ3) is 5.05. The highest BCUT2D eigenvalue weighted by Crippen LogP contribution is 2.29. The van der Waals surface area contributed by atoms with Crippen LogP contribution in [0.2, 0.25) is 0 Å². The molecule has 2 aromatic heterocycles. The van der Waals surface area contributed by atoms with Crippen molar-refractivity contribution in [2.45, 2.75) is 25.3 Å². The molecule has 1 fully saturated rings. The minimum Gasteiger partial charge on any atom is -0.328 e. The zero-order valence-electron chi connectivity index (χ0n) is 20.3. The fourth-order valence-electron chi connectivity index (χ4n) is 4.63. The number of nitrogens with one attached hydrogen (secondary N) is 2. The largest absolute Gasteiger partial charge is 0.328 e. The van der Waals surface area contributed by atoms with Gasteiger partial charge in [0, 0.05) is 24.8 Å². The van der Waals surface area contributed by atoms with Gasteiger partial charge in [-0.2, -0.15) is 4.98 Å². The molecule has 1 saturated heterocycles. The summed E-state index contributed by atoms with van der Waals surface area (Å²) in [6.45, 7) is 2.32. The Labute approximate surface area is 210 Å². The summed E-state index contributed by atoms with van der Waals surface area (Å²) in [5.74, 6) is 0.329. The van der Waals surface area contributed by atoms with E-state index in [1.54, 1.807) is 24.4 Å². The molecule has 10 heteroatoms. The second-order valence-corrected chi connectivity index (χ2v) is 11.2. The van der Waals surface area contributed by atoms with Crippen molar-refractivity contribution in [1.29, 1.82) is 0 Å². The molecule has 188 valence electrons. The molecule has 1 aliphatic heterocycles. The van der Waals surface area contributed by atoms with Crippen LogP contribution in [-0.4, -0.2) is 49.3 Å². The quantitative estimate of drug-likeness (QED) is 0.388. The molecule has 3 heterocycles. The Balaban J connectivity index is 1.40. The highest BCUT2D eigenvalue weighted by molar-refractivity contribution is 7.92. The molecular formula is C26H29FN6O2S. The van der Waals surface area contributed by atoms with Gasteiger partial charge in [-0.1, -0.05) is 24.3 Å². The minimum atomic E-state index is -3.41. The maximum atomic E-state index is 14.9. The van der Waals surface area contributed by atoms with Gasteiger partial charge in [-0.25, -0.2) is 17.8 Å². The summed E-state index contributed by atoms with van der Waals surface area (Å²) >= 11 is 0. The molecule has 0 aliphatic carbocycles. The van der Waals surface area contributed by atoms with Crippen molar-refractivity contribution >= 4 is 38.4 Å². The molecule has 0 atom stereocenters. The van der Waals surface area contributed by atoms with Gasteiger partial charge < -0.3 is 15.2 Å². The van der Waals surface area contributed by atoms with Gasteiger partial charge in [-0.15, -0.1) is 0 Å². The molecule has 2 N–H and O–H groups in total. The maximum absolute atomic E-state index is 14.9. The molecule has 1 aliphatic rings. The Morgan fingerprint density at radius 2 is 1.94 bits per heavy atom. The smallest absolute Gasteiger partial charge is 0.232 e. The van der Waals surface area contributed by atoms with Crippen LogP contribution in [0, 0.1) is 5.82 Å². The first kappa shape index (κ1) is 24.2. The zero-order chi connectivity index (χ0) is 25.3. The van der Waals surface area contributed by atoms with E-state index in [0.29, 0.717) is 29.5 Å². The van der Waals surface area contributed by atoms with Gasteiger partial charge in [0.05, 0.1) is 24.2 Å². The number of sulfonamides is 1.